The first-order chi connectivity index (χ1) is 16.4. The van der Waals surface area contributed by atoms with Gasteiger partial charge in [0.2, 0.25) is 5.91 Å². The Hall–Kier alpha value is -4.27. The van der Waals surface area contributed by atoms with Gasteiger partial charge < -0.3 is 20.6 Å². The quantitative estimate of drug-likeness (QED) is 0.481. The van der Waals surface area contributed by atoms with Gasteiger partial charge in [0.25, 0.3) is 11.8 Å². The van der Waals surface area contributed by atoms with Crippen LogP contribution in [0.4, 0.5) is 20.2 Å². The van der Waals surface area contributed by atoms with Crippen LogP contribution < -0.4 is 10.6 Å². The van der Waals surface area contributed by atoms with Crippen LogP contribution in [-0.2, 0) is 4.79 Å². The lowest BCUT2D eigenvalue weighted by atomic mass is 10.1. The third kappa shape index (κ3) is 6.20. The number of aromatic hydroxyl groups is 1. The van der Waals surface area contributed by atoms with Gasteiger partial charge in [-0.1, -0.05) is 17.7 Å². The number of hydrogen-bond acceptors (Lipinski definition) is 4. The van der Waals surface area contributed by atoms with Crippen LogP contribution in [0.3, 0.4) is 0 Å². The second-order valence-corrected chi connectivity index (χ2v) is 8.33. The zero-order valence-corrected chi connectivity index (χ0v) is 19.7. The molecule has 0 heterocycles. The number of carbonyl (C=O) groups is 3. The van der Waals surface area contributed by atoms with Gasteiger partial charge in [0.1, 0.15) is 17.4 Å². The van der Waals surface area contributed by atoms with E-state index in [2.05, 4.69) is 10.6 Å². The molecule has 182 valence electrons. The molecule has 0 aliphatic carbocycles. The van der Waals surface area contributed by atoms with Gasteiger partial charge in [-0.05, 0) is 56.2 Å². The molecule has 7 nitrogen and oxygen atoms in total. The van der Waals surface area contributed by atoms with Crippen LogP contribution in [-0.4, -0.2) is 41.3 Å². The molecule has 0 unspecified atom stereocenters. The van der Waals surface area contributed by atoms with Gasteiger partial charge in [-0.2, -0.15) is 0 Å². The van der Waals surface area contributed by atoms with Gasteiger partial charge in [0.05, 0.1) is 12.1 Å². The van der Waals surface area contributed by atoms with E-state index in [0.717, 1.165) is 39.8 Å². The van der Waals surface area contributed by atoms with Crippen LogP contribution in [0.5, 0.6) is 5.75 Å². The molecule has 0 fully saturated rings. The first-order valence-electron chi connectivity index (χ1n) is 10.7. The number of halogens is 2. The van der Waals surface area contributed by atoms with Gasteiger partial charge in [-0.25, -0.2) is 8.78 Å². The molecule has 0 aliphatic heterocycles. The topological polar surface area (TPSA) is 98.7 Å². The predicted octanol–water partition coefficient (Wildman–Crippen LogP) is 4.56. The van der Waals surface area contributed by atoms with E-state index in [9.17, 15) is 28.3 Å². The van der Waals surface area contributed by atoms with Crippen LogP contribution in [0, 0.1) is 32.4 Å². The molecule has 3 aromatic carbocycles. The lowest BCUT2D eigenvalue weighted by molar-refractivity contribution is -0.116. The first kappa shape index (κ1) is 25.4. The summed E-state index contributed by atoms with van der Waals surface area (Å²) in [7, 11) is 1.42. The van der Waals surface area contributed by atoms with Gasteiger partial charge in [0, 0.05) is 36.1 Å². The molecule has 3 amide bonds. The highest BCUT2D eigenvalue weighted by Crippen LogP contribution is 2.25. The fraction of sp³-hybridized carbons (Fsp3) is 0.192. The van der Waals surface area contributed by atoms with Crippen molar-refractivity contribution in [3.63, 3.8) is 0 Å². The summed E-state index contributed by atoms with van der Waals surface area (Å²) < 4.78 is 26.7. The molecule has 35 heavy (non-hydrogen) atoms. The second kappa shape index (κ2) is 10.3. The number of carbonyl (C=O) groups excluding carboxylic acids is 3. The Morgan fingerprint density at radius 3 is 2.06 bits per heavy atom. The van der Waals surface area contributed by atoms with E-state index in [4.69, 9.17) is 0 Å². The van der Waals surface area contributed by atoms with E-state index in [1.165, 1.54) is 19.2 Å². The third-order valence-electron chi connectivity index (χ3n) is 5.28. The third-order valence-corrected chi connectivity index (χ3v) is 5.28. The number of amides is 3. The normalized spacial score (nSPS) is 10.6. The Kier molecular flexibility index (Phi) is 7.49. The zero-order valence-electron chi connectivity index (χ0n) is 19.7. The summed E-state index contributed by atoms with van der Waals surface area (Å²) in [6, 6.07) is 10.0. The van der Waals surface area contributed by atoms with Gasteiger partial charge in [0.15, 0.2) is 0 Å². The van der Waals surface area contributed by atoms with Crippen molar-refractivity contribution in [2.75, 3.05) is 24.2 Å². The van der Waals surface area contributed by atoms with Crippen molar-refractivity contribution in [2.45, 2.75) is 20.8 Å². The highest BCUT2D eigenvalue weighted by molar-refractivity contribution is 6.05. The average Bonchev–Trinajstić information content (AvgIpc) is 2.75. The molecule has 3 rings (SSSR count). The Labute approximate surface area is 201 Å². The number of rotatable bonds is 6. The minimum atomic E-state index is -0.904. The monoisotopic (exact) mass is 481 g/mol. The number of phenols is 1. The summed E-state index contributed by atoms with van der Waals surface area (Å²) in [6.07, 6.45) is 0. The summed E-state index contributed by atoms with van der Waals surface area (Å²) in [4.78, 5) is 38.7. The molecule has 0 radical (unpaired) electrons. The number of hydrogen-bond donors (Lipinski definition) is 3. The molecule has 9 heteroatoms. The minimum Gasteiger partial charge on any atom is -0.507 e. The number of anilines is 2. The lowest BCUT2D eigenvalue weighted by Gasteiger charge is -2.19. The maximum Gasteiger partial charge on any atom is 0.257 e. The number of nitrogens with one attached hydrogen (secondary N) is 2. The summed E-state index contributed by atoms with van der Waals surface area (Å²) in [5.41, 5.74) is 3.34. The highest BCUT2D eigenvalue weighted by Gasteiger charge is 2.20. The highest BCUT2D eigenvalue weighted by atomic mass is 19.1. The maximum absolute atomic E-state index is 13.3. The van der Waals surface area contributed by atoms with E-state index >= 15 is 0 Å². The Balaban J connectivity index is 1.67. The standard InChI is InChI=1S/C26H25F2N3O4/c1-14-7-15(2)24(16(3)8-14)30-23(33)13-31(4)26(35)21-6-5-20(12-22(21)32)29-25(34)17-9-18(27)11-19(28)10-17/h5-12,32H,13H2,1-4H3,(H,29,34)(H,30,33). The Morgan fingerprint density at radius 2 is 1.49 bits per heavy atom. The molecular weight excluding hydrogens is 456 g/mol. The van der Waals surface area contributed by atoms with Crippen LogP contribution in [0.25, 0.3) is 0 Å². The second-order valence-electron chi connectivity index (χ2n) is 8.33. The molecule has 0 saturated heterocycles. The molecule has 0 atom stereocenters. The maximum atomic E-state index is 13.3. The van der Waals surface area contributed by atoms with Crippen LogP contribution in [0.1, 0.15) is 37.4 Å². The number of phenolic OH excluding ortho intramolecular Hbond substituents is 1. The van der Waals surface area contributed by atoms with Crippen molar-refractivity contribution >= 4 is 29.1 Å². The van der Waals surface area contributed by atoms with Gasteiger partial charge >= 0.3 is 0 Å². The predicted molar refractivity (Wildman–Crippen MR) is 129 cm³/mol. The first-order valence-corrected chi connectivity index (χ1v) is 10.7. The molecule has 0 aromatic heterocycles. The van der Waals surface area contributed by atoms with Gasteiger partial charge in [-0.15, -0.1) is 0 Å². The minimum absolute atomic E-state index is 0.0854. The SMILES string of the molecule is Cc1cc(C)c(NC(=O)CN(C)C(=O)c2ccc(NC(=O)c3cc(F)cc(F)c3)cc2O)c(C)c1. The van der Waals surface area contributed by atoms with Gasteiger partial charge in [-0.3, -0.25) is 14.4 Å². The van der Waals surface area contributed by atoms with Crippen molar-refractivity contribution in [3.8, 4) is 5.75 Å². The van der Waals surface area contributed by atoms with Crippen molar-refractivity contribution in [1.82, 2.24) is 4.90 Å². The van der Waals surface area contributed by atoms with Crippen molar-refractivity contribution in [2.24, 2.45) is 0 Å². The summed E-state index contributed by atoms with van der Waals surface area (Å²) in [6.45, 7) is 5.47. The smallest absolute Gasteiger partial charge is 0.257 e. The molecule has 3 N–H and O–H groups in total. The summed E-state index contributed by atoms with van der Waals surface area (Å²) in [5, 5.41) is 15.5. The van der Waals surface area contributed by atoms with E-state index < -0.39 is 35.1 Å². The molecule has 3 aromatic rings. The molecule has 0 aliphatic rings. The van der Waals surface area contributed by atoms with Crippen molar-refractivity contribution in [3.05, 3.63) is 88.0 Å². The number of benzene rings is 3. The molecule has 0 bridgehead atoms. The Bertz CT molecular complexity index is 1280. The van der Waals surface area contributed by atoms with E-state index in [-0.39, 0.29) is 23.4 Å². The van der Waals surface area contributed by atoms with Crippen LogP contribution in [0.15, 0.2) is 48.5 Å². The van der Waals surface area contributed by atoms with Crippen LogP contribution in [0.2, 0.25) is 0 Å². The van der Waals surface area contributed by atoms with Crippen molar-refractivity contribution < 1.29 is 28.3 Å². The molecular formula is C26H25F2N3O4. The zero-order chi connectivity index (χ0) is 25.9. The number of aryl methyl sites for hydroxylation is 3. The fourth-order valence-corrected chi connectivity index (χ4v) is 3.73. The molecule has 0 saturated carbocycles. The van der Waals surface area contributed by atoms with E-state index in [1.807, 2.05) is 32.9 Å². The van der Waals surface area contributed by atoms with Crippen LogP contribution >= 0.6 is 0 Å². The number of nitrogens with zero attached hydrogens (tertiary/aromatic N) is 1. The summed E-state index contributed by atoms with van der Waals surface area (Å²) in [5.74, 6) is -4.05. The fourth-order valence-electron chi connectivity index (χ4n) is 3.73. The van der Waals surface area contributed by atoms with Crippen molar-refractivity contribution in [1.29, 1.82) is 0 Å². The summed E-state index contributed by atoms with van der Waals surface area (Å²) >= 11 is 0. The average molecular weight is 481 g/mol. The van der Waals surface area contributed by atoms with E-state index in [1.54, 1.807) is 0 Å². The Morgan fingerprint density at radius 1 is 0.886 bits per heavy atom. The lowest BCUT2D eigenvalue weighted by Crippen LogP contribution is -2.35. The van der Waals surface area contributed by atoms with E-state index in [0.29, 0.717) is 11.8 Å². The largest absolute Gasteiger partial charge is 0.507 e. The molecule has 0 spiro atoms. The number of likely N-dealkylation sites (N-methyl/N-ethyl adjacent to an activating group) is 1.